The van der Waals surface area contributed by atoms with Crippen molar-refractivity contribution in [2.75, 3.05) is 13.1 Å². The molecule has 0 spiro atoms. The number of nitrogens with one attached hydrogen (secondary N) is 2. The Kier molecular flexibility index (Phi) is 4.31. The molecule has 1 aromatic rings. The molecule has 1 amide bonds. The molecule has 0 bridgehead atoms. The number of amides is 1. The van der Waals surface area contributed by atoms with Gasteiger partial charge in [0.1, 0.15) is 5.75 Å². The largest absolute Gasteiger partial charge is 0.435 e. The van der Waals surface area contributed by atoms with E-state index in [0.717, 1.165) is 13.1 Å². The van der Waals surface area contributed by atoms with Crippen LogP contribution in [0.5, 0.6) is 5.75 Å². The first-order valence-corrected chi connectivity index (χ1v) is 6.12. The van der Waals surface area contributed by atoms with Crippen LogP contribution in [0, 0.1) is 5.92 Å². The summed E-state index contributed by atoms with van der Waals surface area (Å²) in [5, 5.41) is 6.11. The first kappa shape index (κ1) is 13.7. The zero-order valence-corrected chi connectivity index (χ0v) is 10.5. The van der Waals surface area contributed by atoms with E-state index in [9.17, 15) is 13.6 Å². The summed E-state index contributed by atoms with van der Waals surface area (Å²) >= 11 is 0. The third-order valence-electron chi connectivity index (χ3n) is 3.18. The zero-order valence-electron chi connectivity index (χ0n) is 10.5. The Bertz CT molecular complexity index is 437. The van der Waals surface area contributed by atoms with Crippen molar-refractivity contribution < 1.29 is 18.3 Å². The van der Waals surface area contributed by atoms with Crippen LogP contribution in [0.25, 0.3) is 0 Å². The van der Waals surface area contributed by atoms with Crippen LogP contribution < -0.4 is 15.4 Å². The van der Waals surface area contributed by atoms with Gasteiger partial charge in [-0.05, 0) is 36.7 Å². The maximum atomic E-state index is 12.0. The Balaban J connectivity index is 1.95. The van der Waals surface area contributed by atoms with Gasteiger partial charge < -0.3 is 15.4 Å². The number of benzene rings is 1. The van der Waals surface area contributed by atoms with E-state index in [1.54, 1.807) is 0 Å². The van der Waals surface area contributed by atoms with Gasteiger partial charge in [0.15, 0.2) is 0 Å². The maximum Gasteiger partial charge on any atom is 0.387 e. The third kappa shape index (κ3) is 3.64. The molecule has 2 atom stereocenters. The molecule has 2 rings (SSSR count). The molecule has 1 heterocycles. The Morgan fingerprint density at radius 1 is 1.37 bits per heavy atom. The van der Waals surface area contributed by atoms with E-state index < -0.39 is 6.61 Å². The van der Waals surface area contributed by atoms with Gasteiger partial charge >= 0.3 is 6.61 Å². The fourth-order valence-electron chi connectivity index (χ4n) is 2.04. The Morgan fingerprint density at radius 3 is 2.58 bits per heavy atom. The standard InChI is InChI=1S/C13H16F2N2O2/c1-8-6-16-7-11(8)17-12(18)9-2-4-10(5-3-9)19-13(14)15/h2-5,8,11,13,16H,6-7H2,1H3,(H,17,18). The first-order valence-electron chi connectivity index (χ1n) is 6.12. The van der Waals surface area contributed by atoms with Crippen LogP contribution in [-0.4, -0.2) is 31.7 Å². The number of carbonyl (C=O) groups is 1. The number of rotatable bonds is 4. The smallest absolute Gasteiger partial charge is 0.387 e. The second-order valence-corrected chi connectivity index (χ2v) is 4.62. The van der Waals surface area contributed by atoms with E-state index in [4.69, 9.17) is 0 Å². The lowest BCUT2D eigenvalue weighted by Gasteiger charge is -2.16. The minimum absolute atomic E-state index is 0.0439. The van der Waals surface area contributed by atoms with Gasteiger partial charge in [0.2, 0.25) is 0 Å². The number of ether oxygens (including phenoxy) is 1. The van der Waals surface area contributed by atoms with Crippen LogP contribution in [0.1, 0.15) is 17.3 Å². The van der Waals surface area contributed by atoms with E-state index in [1.807, 2.05) is 0 Å². The zero-order chi connectivity index (χ0) is 13.8. The SMILES string of the molecule is CC1CNCC1NC(=O)c1ccc(OC(F)F)cc1. The van der Waals surface area contributed by atoms with Crippen molar-refractivity contribution in [3.05, 3.63) is 29.8 Å². The van der Waals surface area contributed by atoms with E-state index in [1.165, 1.54) is 24.3 Å². The highest BCUT2D eigenvalue weighted by Gasteiger charge is 2.24. The fourth-order valence-corrected chi connectivity index (χ4v) is 2.04. The molecule has 104 valence electrons. The molecule has 4 nitrogen and oxygen atoms in total. The molecule has 0 aromatic heterocycles. The van der Waals surface area contributed by atoms with Crippen LogP contribution in [0.2, 0.25) is 0 Å². The number of hydrogen-bond acceptors (Lipinski definition) is 3. The summed E-state index contributed by atoms with van der Waals surface area (Å²) in [6.07, 6.45) is 0. The minimum Gasteiger partial charge on any atom is -0.435 e. The number of hydrogen-bond donors (Lipinski definition) is 2. The fraction of sp³-hybridized carbons (Fsp3) is 0.462. The van der Waals surface area contributed by atoms with Gasteiger partial charge in [0.05, 0.1) is 0 Å². The van der Waals surface area contributed by atoms with Crippen molar-refractivity contribution >= 4 is 5.91 Å². The summed E-state index contributed by atoms with van der Waals surface area (Å²) in [5.74, 6) is 0.219. The minimum atomic E-state index is -2.86. The molecular formula is C13H16F2N2O2. The molecule has 6 heteroatoms. The second kappa shape index (κ2) is 5.97. The van der Waals surface area contributed by atoms with Crippen LogP contribution in [0.3, 0.4) is 0 Å². The molecule has 1 aliphatic rings. The summed E-state index contributed by atoms with van der Waals surface area (Å²) < 4.78 is 28.2. The van der Waals surface area contributed by atoms with E-state index in [0.29, 0.717) is 11.5 Å². The Morgan fingerprint density at radius 2 is 2.05 bits per heavy atom. The van der Waals surface area contributed by atoms with E-state index in [2.05, 4.69) is 22.3 Å². The van der Waals surface area contributed by atoms with E-state index in [-0.39, 0.29) is 17.7 Å². The van der Waals surface area contributed by atoms with Crippen LogP contribution in [-0.2, 0) is 0 Å². The topological polar surface area (TPSA) is 50.4 Å². The van der Waals surface area contributed by atoms with Crippen molar-refractivity contribution in [1.82, 2.24) is 10.6 Å². The highest BCUT2D eigenvalue weighted by atomic mass is 19.3. The molecule has 1 fully saturated rings. The molecule has 2 unspecified atom stereocenters. The molecule has 2 N–H and O–H groups in total. The van der Waals surface area contributed by atoms with E-state index >= 15 is 0 Å². The average molecular weight is 270 g/mol. The first-order chi connectivity index (χ1) is 9.06. The lowest BCUT2D eigenvalue weighted by atomic mass is 10.1. The van der Waals surface area contributed by atoms with Gasteiger partial charge in [0, 0.05) is 18.2 Å². The lowest BCUT2D eigenvalue weighted by molar-refractivity contribution is -0.0498. The monoisotopic (exact) mass is 270 g/mol. The Hall–Kier alpha value is -1.69. The number of carbonyl (C=O) groups excluding carboxylic acids is 1. The molecule has 0 saturated carbocycles. The molecule has 1 saturated heterocycles. The van der Waals surface area contributed by atoms with Gasteiger partial charge in [-0.2, -0.15) is 8.78 Å². The average Bonchev–Trinajstić information content (AvgIpc) is 2.75. The lowest BCUT2D eigenvalue weighted by Crippen LogP contribution is -2.39. The van der Waals surface area contributed by atoms with Crippen molar-refractivity contribution in [3.8, 4) is 5.75 Å². The summed E-state index contributed by atoms with van der Waals surface area (Å²) in [7, 11) is 0. The molecule has 0 radical (unpaired) electrons. The summed E-state index contributed by atoms with van der Waals surface area (Å²) in [5.41, 5.74) is 0.431. The third-order valence-corrected chi connectivity index (χ3v) is 3.18. The van der Waals surface area contributed by atoms with Gasteiger partial charge in [-0.25, -0.2) is 0 Å². The van der Waals surface area contributed by atoms with Crippen LogP contribution in [0.15, 0.2) is 24.3 Å². The summed E-state index contributed by atoms with van der Waals surface area (Å²) in [4.78, 5) is 12.0. The van der Waals surface area contributed by atoms with Crippen molar-refractivity contribution in [3.63, 3.8) is 0 Å². The summed E-state index contributed by atoms with van der Waals surface area (Å²) in [6, 6.07) is 5.76. The van der Waals surface area contributed by atoms with Crippen molar-refractivity contribution in [2.24, 2.45) is 5.92 Å². The van der Waals surface area contributed by atoms with Gasteiger partial charge in [-0.1, -0.05) is 6.92 Å². The quantitative estimate of drug-likeness (QED) is 0.874. The highest BCUT2D eigenvalue weighted by molar-refractivity contribution is 5.94. The van der Waals surface area contributed by atoms with Crippen molar-refractivity contribution in [1.29, 1.82) is 0 Å². The normalized spacial score (nSPS) is 22.5. The Labute approximate surface area is 110 Å². The van der Waals surface area contributed by atoms with Crippen LogP contribution in [0.4, 0.5) is 8.78 Å². The molecule has 0 aliphatic carbocycles. The predicted octanol–water partition coefficient (Wildman–Crippen LogP) is 1.63. The molecule has 1 aromatic carbocycles. The number of halogens is 2. The predicted molar refractivity (Wildman–Crippen MR) is 66.4 cm³/mol. The van der Waals surface area contributed by atoms with Gasteiger partial charge in [-0.3, -0.25) is 4.79 Å². The molecular weight excluding hydrogens is 254 g/mol. The van der Waals surface area contributed by atoms with Crippen molar-refractivity contribution in [2.45, 2.75) is 19.6 Å². The highest BCUT2D eigenvalue weighted by Crippen LogP contribution is 2.15. The van der Waals surface area contributed by atoms with Crippen LogP contribution >= 0.6 is 0 Å². The molecule has 1 aliphatic heterocycles. The summed E-state index contributed by atoms with van der Waals surface area (Å²) in [6.45, 7) is 0.834. The second-order valence-electron chi connectivity index (χ2n) is 4.62. The number of alkyl halides is 2. The van der Waals surface area contributed by atoms with Gasteiger partial charge in [0.25, 0.3) is 5.91 Å². The molecule has 19 heavy (non-hydrogen) atoms. The maximum absolute atomic E-state index is 12.0. The van der Waals surface area contributed by atoms with Gasteiger partial charge in [-0.15, -0.1) is 0 Å².